The summed E-state index contributed by atoms with van der Waals surface area (Å²) < 4.78 is 5.16. The van der Waals surface area contributed by atoms with Gasteiger partial charge in [-0.25, -0.2) is 0 Å². The van der Waals surface area contributed by atoms with Gasteiger partial charge in [0, 0.05) is 28.5 Å². The number of nitrogens with zero attached hydrogens (tertiary/aromatic N) is 2. The predicted octanol–water partition coefficient (Wildman–Crippen LogP) is 3.95. The number of benzene rings is 1. The lowest BCUT2D eigenvalue weighted by molar-refractivity contribution is 0.439. The minimum Gasteiger partial charge on any atom is -0.367 e. The van der Waals surface area contributed by atoms with E-state index in [1.165, 1.54) is 0 Å². The SMILES string of the molecule is Cc1c(Cl)cccc1-c1noc(N)c1-c1cccnc1. The zero-order chi connectivity index (χ0) is 14.1. The molecule has 0 aliphatic rings. The van der Waals surface area contributed by atoms with Crippen LogP contribution in [-0.4, -0.2) is 10.1 Å². The van der Waals surface area contributed by atoms with E-state index in [9.17, 15) is 0 Å². The molecule has 0 aliphatic carbocycles. The molecule has 3 aromatic rings. The van der Waals surface area contributed by atoms with Crippen LogP contribution in [0.15, 0.2) is 47.2 Å². The first-order valence-corrected chi connectivity index (χ1v) is 6.47. The lowest BCUT2D eigenvalue weighted by Gasteiger charge is -2.06. The Morgan fingerprint density at radius 2 is 2.05 bits per heavy atom. The molecule has 1 aromatic carbocycles. The first-order chi connectivity index (χ1) is 9.68. The van der Waals surface area contributed by atoms with Gasteiger partial charge in [-0.3, -0.25) is 4.98 Å². The van der Waals surface area contributed by atoms with E-state index in [1.807, 2.05) is 37.3 Å². The Balaban J connectivity index is 2.24. The van der Waals surface area contributed by atoms with E-state index in [2.05, 4.69) is 10.1 Å². The number of pyridine rings is 1. The van der Waals surface area contributed by atoms with Crippen molar-refractivity contribution in [3.63, 3.8) is 0 Å². The molecule has 0 saturated heterocycles. The Bertz CT molecular complexity index is 753. The van der Waals surface area contributed by atoms with E-state index >= 15 is 0 Å². The van der Waals surface area contributed by atoms with Gasteiger partial charge in [0.25, 0.3) is 0 Å². The fourth-order valence-electron chi connectivity index (χ4n) is 2.14. The van der Waals surface area contributed by atoms with Crippen LogP contribution in [0, 0.1) is 6.92 Å². The van der Waals surface area contributed by atoms with Gasteiger partial charge in [0.2, 0.25) is 5.88 Å². The second-order valence-electron chi connectivity index (χ2n) is 4.42. The molecule has 2 N–H and O–H groups in total. The number of halogens is 1. The van der Waals surface area contributed by atoms with Crippen LogP contribution < -0.4 is 5.73 Å². The van der Waals surface area contributed by atoms with Gasteiger partial charge >= 0.3 is 0 Å². The van der Waals surface area contributed by atoms with Crippen molar-refractivity contribution in [1.29, 1.82) is 0 Å². The van der Waals surface area contributed by atoms with Gasteiger partial charge in [0.15, 0.2) is 0 Å². The van der Waals surface area contributed by atoms with Gasteiger partial charge in [-0.15, -0.1) is 0 Å². The van der Waals surface area contributed by atoms with Crippen LogP contribution in [0.2, 0.25) is 5.02 Å². The molecule has 4 nitrogen and oxygen atoms in total. The summed E-state index contributed by atoms with van der Waals surface area (Å²) in [6.45, 7) is 1.94. The summed E-state index contributed by atoms with van der Waals surface area (Å²) >= 11 is 6.17. The Morgan fingerprint density at radius 1 is 1.20 bits per heavy atom. The van der Waals surface area contributed by atoms with Crippen LogP contribution in [0.25, 0.3) is 22.4 Å². The first kappa shape index (κ1) is 12.7. The molecule has 0 radical (unpaired) electrons. The van der Waals surface area contributed by atoms with Crippen molar-refractivity contribution in [2.75, 3.05) is 5.73 Å². The van der Waals surface area contributed by atoms with E-state index in [1.54, 1.807) is 12.4 Å². The van der Waals surface area contributed by atoms with Crippen molar-refractivity contribution in [1.82, 2.24) is 10.1 Å². The van der Waals surface area contributed by atoms with Gasteiger partial charge in [-0.2, -0.15) is 0 Å². The molecule has 0 bridgehead atoms. The van der Waals surface area contributed by atoms with Crippen LogP contribution in [-0.2, 0) is 0 Å². The second kappa shape index (κ2) is 4.98. The Morgan fingerprint density at radius 3 is 2.80 bits per heavy atom. The Labute approximate surface area is 121 Å². The van der Waals surface area contributed by atoms with Crippen molar-refractivity contribution in [3.8, 4) is 22.4 Å². The van der Waals surface area contributed by atoms with Crippen LogP contribution in [0.1, 0.15) is 5.56 Å². The van der Waals surface area contributed by atoms with Crippen LogP contribution in [0.5, 0.6) is 0 Å². The molecule has 0 saturated carbocycles. The molecule has 0 spiro atoms. The molecule has 0 unspecified atom stereocenters. The largest absolute Gasteiger partial charge is 0.367 e. The molecule has 0 amide bonds. The maximum Gasteiger partial charge on any atom is 0.230 e. The van der Waals surface area contributed by atoms with Crippen LogP contribution in [0.3, 0.4) is 0 Å². The summed E-state index contributed by atoms with van der Waals surface area (Å²) in [4.78, 5) is 4.11. The third kappa shape index (κ3) is 2.04. The Kier molecular flexibility index (Phi) is 3.16. The quantitative estimate of drug-likeness (QED) is 0.774. The number of hydrogen-bond donors (Lipinski definition) is 1. The number of hydrogen-bond acceptors (Lipinski definition) is 4. The van der Waals surface area contributed by atoms with Gasteiger partial charge in [0.05, 0.1) is 5.56 Å². The smallest absolute Gasteiger partial charge is 0.230 e. The minimum absolute atomic E-state index is 0.271. The Hall–Kier alpha value is -2.33. The normalized spacial score (nSPS) is 10.7. The highest BCUT2D eigenvalue weighted by atomic mass is 35.5. The van der Waals surface area contributed by atoms with Crippen molar-refractivity contribution in [3.05, 3.63) is 53.3 Å². The van der Waals surface area contributed by atoms with Gasteiger partial charge in [-0.1, -0.05) is 35.0 Å². The molecule has 20 heavy (non-hydrogen) atoms. The average Bonchev–Trinajstić information content (AvgIpc) is 2.84. The maximum absolute atomic E-state index is 6.17. The molecule has 0 aliphatic heterocycles. The molecule has 5 heteroatoms. The van der Waals surface area contributed by atoms with Crippen LogP contribution in [0.4, 0.5) is 5.88 Å². The summed E-state index contributed by atoms with van der Waals surface area (Å²) in [5, 5.41) is 4.76. The van der Waals surface area contributed by atoms with Gasteiger partial charge < -0.3 is 10.3 Å². The summed E-state index contributed by atoms with van der Waals surface area (Å²) in [7, 11) is 0. The third-order valence-corrected chi connectivity index (χ3v) is 3.60. The number of nitrogens with two attached hydrogens (primary N) is 1. The highest BCUT2D eigenvalue weighted by Gasteiger charge is 2.19. The average molecular weight is 286 g/mol. The molecule has 3 rings (SSSR count). The molecule has 2 heterocycles. The third-order valence-electron chi connectivity index (χ3n) is 3.19. The molecule has 0 fully saturated rings. The lowest BCUT2D eigenvalue weighted by atomic mass is 9.99. The molecule has 2 aromatic heterocycles. The van der Waals surface area contributed by atoms with Crippen molar-refractivity contribution >= 4 is 17.5 Å². The molecule has 100 valence electrons. The monoisotopic (exact) mass is 285 g/mol. The second-order valence-corrected chi connectivity index (χ2v) is 4.83. The molecule has 0 atom stereocenters. The summed E-state index contributed by atoms with van der Waals surface area (Å²) in [6.07, 6.45) is 3.43. The van der Waals surface area contributed by atoms with E-state index in [0.717, 1.165) is 22.3 Å². The minimum atomic E-state index is 0.271. The van der Waals surface area contributed by atoms with Gasteiger partial charge in [0.1, 0.15) is 5.69 Å². The standard InChI is InChI=1S/C15H12ClN3O/c1-9-11(5-2-6-12(9)16)14-13(15(17)20-19-14)10-4-3-7-18-8-10/h2-8H,17H2,1H3. The van der Waals surface area contributed by atoms with E-state index in [0.29, 0.717) is 10.7 Å². The van der Waals surface area contributed by atoms with Crippen molar-refractivity contribution < 1.29 is 4.52 Å². The fraction of sp³-hybridized carbons (Fsp3) is 0.0667. The summed E-state index contributed by atoms with van der Waals surface area (Å²) in [5.41, 5.74) is 10.0. The van der Waals surface area contributed by atoms with Crippen molar-refractivity contribution in [2.24, 2.45) is 0 Å². The zero-order valence-corrected chi connectivity index (χ0v) is 11.6. The van der Waals surface area contributed by atoms with E-state index in [4.69, 9.17) is 21.9 Å². The number of anilines is 1. The van der Waals surface area contributed by atoms with Crippen LogP contribution >= 0.6 is 11.6 Å². The summed E-state index contributed by atoms with van der Waals surface area (Å²) in [5.74, 6) is 0.271. The highest BCUT2D eigenvalue weighted by molar-refractivity contribution is 6.31. The predicted molar refractivity (Wildman–Crippen MR) is 79.3 cm³/mol. The molecular weight excluding hydrogens is 274 g/mol. The molecular formula is C15H12ClN3O. The van der Waals surface area contributed by atoms with E-state index < -0.39 is 0 Å². The maximum atomic E-state index is 6.17. The van der Waals surface area contributed by atoms with Crippen molar-refractivity contribution in [2.45, 2.75) is 6.92 Å². The number of rotatable bonds is 2. The highest BCUT2D eigenvalue weighted by Crippen LogP contribution is 2.38. The summed E-state index contributed by atoms with van der Waals surface area (Å²) in [6, 6.07) is 9.42. The first-order valence-electron chi connectivity index (χ1n) is 6.09. The topological polar surface area (TPSA) is 64.9 Å². The lowest BCUT2D eigenvalue weighted by Crippen LogP contribution is -1.90. The van der Waals surface area contributed by atoms with Gasteiger partial charge in [-0.05, 0) is 24.6 Å². The zero-order valence-electron chi connectivity index (χ0n) is 10.8. The van der Waals surface area contributed by atoms with E-state index in [-0.39, 0.29) is 5.88 Å². The number of nitrogen functional groups attached to an aromatic ring is 1. The fourth-order valence-corrected chi connectivity index (χ4v) is 2.31. The number of aromatic nitrogens is 2.